The zero-order valence-corrected chi connectivity index (χ0v) is 11.1. The van der Waals surface area contributed by atoms with Crippen LogP contribution in [0.5, 0.6) is 0 Å². The van der Waals surface area contributed by atoms with Gasteiger partial charge in [0.25, 0.3) is 0 Å². The fourth-order valence-corrected chi connectivity index (χ4v) is 1.73. The molecule has 16 heavy (non-hydrogen) atoms. The summed E-state index contributed by atoms with van der Waals surface area (Å²) in [7, 11) is -1.31. The standard InChI is InChI=1S/C13H18O2Si/c1-16(2,3)10-9-13(14)15-11-12-7-5-4-6-8-12/h4-10H,11H2,1-3H3/b10-9+. The highest BCUT2D eigenvalue weighted by molar-refractivity contribution is 6.81. The first kappa shape index (κ1) is 12.7. The van der Waals surface area contributed by atoms with Crippen LogP contribution in [0.4, 0.5) is 0 Å². The van der Waals surface area contributed by atoms with Crippen molar-refractivity contribution in [3.05, 3.63) is 47.7 Å². The number of carbonyl (C=O) groups excluding carboxylic acids is 1. The maximum atomic E-state index is 11.4. The summed E-state index contributed by atoms with van der Waals surface area (Å²) in [5.74, 6) is -0.258. The molecule has 0 unspecified atom stereocenters. The largest absolute Gasteiger partial charge is 0.458 e. The fraction of sp³-hybridized carbons (Fsp3) is 0.308. The number of hydrogen-bond donors (Lipinski definition) is 0. The molecule has 0 spiro atoms. The van der Waals surface area contributed by atoms with Crippen molar-refractivity contribution in [2.75, 3.05) is 0 Å². The van der Waals surface area contributed by atoms with Gasteiger partial charge in [0.1, 0.15) is 6.61 Å². The fourth-order valence-electron chi connectivity index (χ4n) is 1.09. The van der Waals surface area contributed by atoms with Crippen LogP contribution in [0.25, 0.3) is 0 Å². The molecule has 1 aromatic carbocycles. The third-order valence-electron chi connectivity index (χ3n) is 1.94. The Morgan fingerprint density at radius 3 is 2.44 bits per heavy atom. The van der Waals surface area contributed by atoms with Gasteiger partial charge in [-0.3, -0.25) is 0 Å². The van der Waals surface area contributed by atoms with Crippen molar-refractivity contribution in [2.24, 2.45) is 0 Å². The molecule has 0 heterocycles. The molecule has 0 bridgehead atoms. The van der Waals surface area contributed by atoms with Crippen LogP contribution in [0, 0.1) is 0 Å². The molecule has 0 N–H and O–H groups in total. The summed E-state index contributed by atoms with van der Waals surface area (Å²) in [6.45, 7) is 6.87. The molecule has 0 fully saturated rings. The van der Waals surface area contributed by atoms with Crippen LogP contribution in [0.3, 0.4) is 0 Å². The Labute approximate surface area is 98.0 Å². The van der Waals surface area contributed by atoms with E-state index in [-0.39, 0.29) is 5.97 Å². The molecule has 0 atom stereocenters. The zero-order chi connectivity index (χ0) is 12.0. The quantitative estimate of drug-likeness (QED) is 0.454. The van der Waals surface area contributed by atoms with Gasteiger partial charge < -0.3 is 4.74 Å². The Balaban J connectivity index is 2.40. The van der Waals surface area contributed by atoms with Gasteiger partial charge in [-0.1, -0.05) is 55.7 Å². The van der Waals surface area contributed by atoms with Gasteiger partial charge in [-0.05, 0) is 5.56 Å². The van der Waals surface area contributed by atoms with E-state index >= 15 is 0 Å². The molecule has 0 aliphatic heterocycles. The van der Waals surface area contributed by atoms with Gasteiger partial charge in [-0.2, -0.15) is 0 Å². The van der Waals surface area contributed by atoms with Gasteiger partial charge in [0, 0.05) is 6.08 Å². The first-order chi connectivity index (χ1) is 7.47. The number of hydrogen-bond acceptors (Lipinski definition) is 2. The highest BCUT2D eigenvalue weighted by Crippen LogP contribution is 2.04. The Kier molecular flexibility index (Phi) is 4.49. The third kappa shape index (κ3) is 5.51. The number of benzene rings is 1. The summed E-state index contributed by atoms with van der Waals surface area (Å²) in [4.78, 5) is 11.4. The normalized spacial score (nSPS) is 11.7. The van der Waals surface area contributed by atoms with E-state index in [1.54, 1.807) is 6.08 Å². The summed E-state index contributed by atoms with van der Waals surface area (Å²) in [6, 6.07) is 9.68. The van der Waals surface area contributed by atoms with Gasteiger partial charge in [-0.15, -0.1) is 0 Å². The SMILES string of the molecule is C[Si](C)(C)/C=C/C(=O)OCc1ccccc1. The molecule has 0 aliphatic rings. The Morgan fingerprint density at radius 1 is 1.25 bits per heavy atom. The molecular formula is C13H18O2Si. The van der Waals surface area contributed by atoms with Gasteiger partial charge in [0.15, 0.2) is 0 Å². The van der Waals surface area contributed by atoms with Crippen LogP contribution >= 0.6 is 0 Å². The molecule has 0 saturated heterocycles. The van der Waals surface area contributed by atoms with Crippen LogP contribution in [0.15, 0.2) is 42.1 Å². The van der Waals surface area contributed by atoms with Crippen LogP contribution < -0.4 is 0 Å². The highest BCUT2D eigenvalue weighted by Gasteiger charge is 2.08. The molecule has 0 amide bonds. The van der Waals surface area contributed by atoms with E-state index in [4.69, 9.17) is 4.74 Å². The number of esters is 1. The summed E-state index contributed by atoms with van der Waals surface area (Å²) < 4.78 is 5.12. The third-order valence-corrected chi connectivity index (χ3v) is 3.11. The second-order valence-electron chi connectivity index (χ2n) is 4.79. The molecule has 0 aromatic heterocycles. The van der Waals surface area contributed by atoms with Crippen molar-refractivity contribution in [2.45, 2.75) is 26.2 Å². The minimum absolute atomic E-state index is 0.258. The lowest BCUT2D eigenvalue weighted by Gasteiger charge is -2.08. The Bertz CT molecular complexity index is 363. The van der Waals surface area contributed by atoms with Gasteiger partial charge >= 0.3 is 5.97 Å². The van der Waals surface area contributed by atoms with Crippen LogP contribution in [0.1, 0.15) is 5.56 Å². The van der Waals surface area contributed by atoms with E-state index in [9.17, 15) is 4.79 Å². The monoisotopic (exact) mass is 234 g/mol. The molecule has 1 aromatic rings. The van der Waals surface area contributed by atoms with Crippen molar-refractivity contribution in [1.29, 1.82) is 0 Å². The van der Waals surface area contributed by atoms with Crippen molar-refractivity contribution in [3.8, 4) is 0 Å². The van der Waals surface area contributed by atoms with Crippen molar-refractivity contribution in [3.63, 3.8) is 0 Å². The Morgan fingerprint density at radius 2 is 1.88 bits per heavy atom. The van der Waals surface area contributed by atoms with Gasteiger partial charge in [-0.25, -0.2) is 4.79 Å². The topological polar surface area (TPSA) is 26.3 Å². The molecule has 0 saturated carbocycles. The highest BCUT2D eigenvalue weighted by atomic mass is 28.3. The molecule has 86 valence electrons. The average molecular weight is 234 g/mol. The second-order valence-corrected chi connectivity index (χ2v) is 9.86. The van der Waals surface area contributed by atoms with Gasteiger partial charge in [0.2, 0.25) is 0 Å². The lowest BCUT2D eigenvalue weighted by atomic mass is 10.2. The lowest BCUT2D eigenvalue weighted by molar-refractivity contribution is -0.139. The van der Waals surface area contributed by atoms with E-state index in [0.29, 0.717) is 6.61 Å². The molecule has 1 rings (SSSR count). The van der Waals surface area contributed by atoms with Crippen molar-refractivity contribution in [1.82, 2.24) is 0 Å². The van der Waals surface area contributed by atoms with Crippen LogP contribution in [-0.4, -0.2) is 14.0 Å². The van der Waals surface area contributed by atoms with E-state index < -0.39 is 8.07 Å². The summed E-state index contributed by atoms with van der Waals surface area (Å²) >= 11 is 0. The zero-order valence-electron chi connectivity index (χ0n) is 10.1. The summed E-state index contributed by atoms with van der Waals surface area (Å²) in [6.07, 6.45) is 1.55. The van der Waals surface area contributed by atoms with Crippen molar-refractivity contribution < 1.29 is 9.53 Å². The minimum atomic E-state index is -1.31. The predicted molar refractivity (Wildman–Crippen MR) is 68.7 cm³/mol. The van der Waals surface area contributed by atoms with E-state index in [0.717, 1.165) is 5.56 Å². The van der Waals surface area contributed by atoms with Crippen LogP contribution in [-0.2, 0) is 16.1 Å². The number of rotatable bonds is 4. The van der Waals surface area contributed by atoms with E-state index in [1.807, 2.05) is 36.0 Å². The molecule has 0 radical (unpaired) electrons. The van der Waals surface area contributed by atoms with Crippen LogP contribution in [0.2, 0.25) is 19.6 Å². The molecule has 0 aliphatic carbocycles. The summed E-state index contributed by atoms with van der Waals surface area (Å²) in [5, 5.41) is 0. The first-order valence-electron chi connectivity index (χ1n) is 5.37. The number of carbonyl (C=O) groups is 1. The van der Waals surface area contributed by atoms with Gasteiger partial charge in [0.05, 0.1) is 8.07 Å². The Hall–Kier alpha value is -1.35. The predicted octanol–water partition coefficient (Wildman–Crippen LogP) is 3.16. The maximum Gasteiger partial charge on any atom is 0.330 e. The smallest absolute Gasteiger partial charge is 0.330 e. The van der Waals surface area contributed by atoms with E-state index in [2.05, 4.69) is 19.6 Å². The first-order valence-corrected chi connectivity index (χ1v) is 8.95. The number of ether oxygens (including phenoxy) is 1. The van der Waals surface area contributed by atoms with Crippen molar-refractivity contribution >= 4 is 14.0 Å². The molecular weight excluding hydrogens is 216 g/mol. The average Bonchev–Trinajstić information content (AvgIpc) is 2.24. The summed E-state index contributed by atoms with van der Waals surface area (Å²) in [5.41, 5.74) is 3.00. The second kappa shape index (κ2) is 5.65. The van der Waals surface area contributed by atoms with E-state index in [1.165, 1.54) is 0 Å². The molecule has 3 heteroatoms. The lowest BCUT2D eigenvalue weighted by Crippen LogP contribution is -2.16. The molecule has 2 nitrogen and oxygen atoms in total. The maximum absolute atomic E-state index is 11.4. The minimum Gasteiger partial charge on any atom is -0.458 e.